The molecule has 1 saturated heterocycles. The summed E-state index contributed by atoms with van der Waals surface area (Å²) in [5.41, 5.74) is 2.27. The first-order valence-electron chi connectivity index (χ1n) is 10.6. The van der Waals surface area contributed by atoms with Gasteiger partial charge < -0.3 is 15.4 Å². The van der Waals surface area contributed by atoms with Gasteiger partial charge in [-0.25, -0.2) is 9.97 Å². The number of rotatable bonds is 5. The average molecular weight is 523 g/mol. The first-order chi connectivity index (χ1) is 17.5. The maximum atomic E-state index is 12.8. The molecule has 0 unspecified atom stereocenters. The van der Waals surface area contributed by atoms with Gasteiger partial charge in [-0.15, -0.1) is 6.42 Å². The Balaban J connectivity index is 0.000000695. The number of aromatic nitrogens is 2. The second-order valence-corrected chi connectivity index (χ2v) is 8.93. The monoisotopic (exact) mass is 522 g/mol. The molecule has 0 radical (unpaired) electrons. The van der Waals surface area contributed by atoms with Gasteiger partial charge in [-0.3, -0.25) is 24.5 Å². The number of carbonyl (C=O) groups excluding carboxylic acids is 2. The van der Waals surface area contributed by atoms with Gasteiger partial charge >= 0.3 is 0 Å². The minimum atomic E-state index is -3.67. The lowest BCUT2D eigenvalue weighted by molar-refractivity contribution is 0.0983. The zero-order valence-corrected chi connectivity index (χ0v) is 20.3. The van der Waals surface area contributed by atoms with Gasteiger partial charge in [0.2, 0.25) is 0 Å². The van der Waals surface area contributed by atoms with Gasteiger partial charge in [0.1, 0.15) is 6.61 Å². The maximum Gasteiger partial charge on any atom is 0.289 e. The molecule has 0 aliphatic carbocycles. The number of anilines is 3. The summed E-state index contributed by atoms with van der Waals surface area (Å²) in [6.45, 7) is 1.05. The van der Waals surface area contributed by atoms with Crippen molar-refractivity contribution >= 4 is 45.0 Å². The zero-order chi connectivity index (χ0) is 27.0. The highest BCUT2D eigenvalue weighted by Crippen LogP contribution is 2.21. The highest BCUT2D eigenvalue weighted by molar-refractivity contribution is 7.85. The van der Waals surface area contributed by atoms with Gasteiger partial charge in [-0.1, -0.05) is 5.92 Å². The number of carbonyl (C=O) groups is 2. The average Bonchev–Trinajstić information content (AvgIpc) is 3.29. The molecule has 4 rings (SSSR count). The van der Waals surface area contributed by atoms with Crippen molar-refractivity contribution in [1.29, 1.82) is 5.41 Å². The van der Waals surface area contributed by atoms with Crippen LogP contribution in [-0.4, -0.2) is 60.2 Å². The lowest BCUT2D eigenvalue weighted by atomic mass is 10.2. The van der Waals surface area contributed by atoms with E-state index in [0.29, 0.717) is 36.3 Å². The van der Waals surface area contributed by atoms with Gasteiger partial charge in [0.25, 0.3) is 28.0 Å². The predicted octanol–water partition coefficient (Wildman–Crippen LogP) is 2.24. The Morgan fingerprint density at radius 3 is 1.86 bits per heavy atom. The van der Waals surface area contributed by atoms with Crippen LogP contribution in [0, 0.1) is 17.8 Å². The number of amidine groups is 1. The normalized spacial score (nSPS) is 12.5. The van der Waals surface area contributed by atoms with Crippen molar-refractivity contribution in [3.8, 4) is 12.3 Å². The molecular formula is C24H22N6O6S. The Bertz CT molecular complexity index is 1440. The Labute approximate surface area is 213 Å². The van der Waals surface area contributed by atoms with E-state index in [4.69, 9.17) is 21.1 Å². The number of nitrogens with one attached hydrogen (secondary N) is 3. The second kappa shape index (κ2) is 11.8. The minimum Gasteiger partial charge on any atom is -0.463 e. The Hall–Kier alpha value is -4.80. The van der Waals surface area contributed by atoms with Crippen LogP contribution in [0.2, 0.25) is 0 Å². The summed E-state index contributed by atoms with van der Waals surface area (Å²) in [4.78, 5) is 35.3. The first-order valence-corrected chi connectivity index (χ1v) is 12.4. The lowest BCUT2D eigenvalue weighted by Crippen LogP contribution is -2.24. The first kappa shape index (κ1) is 26.8. The van der Waals surface area contributed by atoms with Crippen LogP contribution in [0.3, 0.4) is 0 Å². The SMILES string of the molecule is C#Cc1ccc(NC(=O)c2nccnc2C(=O)Nc2ccc(N3CCOC3=N)cc2)cc1.CS(=O)(=O)O. The molecule has 4 N–H and O–H groups in total. The van der Waals surface area contributed by atoms with Gasteiger partial charge in [-0.2, -0.15) is 8.42 Å². The highest BCUT2D eigenvalue weighted by Gasteiger charge is 2.22. The molecular weight excluding hydrogens is 500 g/mol. The van der Waals surface area contributed by atoms with Crippen molar-refractivity contribution in [3.63, 3.8) is 0 Å². The molecule has 0 bridgehead atoms. The molecule has 1 aromatic heterocycles. The summed E-state index contributed by atoms with van der Waals surface area (Å²) in [5.74, 6) is 1.36. The van der Waals surface area contributed by atoms with E-state index in [1.54, 1.807) is 53.4 Å². The van der Waals surface area contributed by atoms with E-state index in [1.807, 2.05) is 0 Å². The maximum absolute atomic E-state index is 12.8. The van der Waals surface area contributed by atoms with Crippen molar-refractivity contribution in [3.05, 3.63) is 77.9 Å². The molecule has 190 valence electrons. The van der Waals surface area contributed by atoms with Crippen molar-refractivity contribution < 1.29 is 27.3 Å². The summed E-state index contributed by atoms with van der Waals surface area (Å²) >= 11 is 0. The molecule has 2 heterocycles. The van der Waals surface area contributed by atoms with E-state index in [9.17, 15) is 18.0 Å². The van der Waals surface area contributed by atoms with Crippen LogP contribution in [0.4, 0.5) is 17.1 Å². The highest BCUT2D eigenvalue weighted by atomic mass is 32.2. The van der Waals surface area contributed by atoms with Crippen LogP contribution >= 0.6 is 0 Å². The fourth-order valence-electron chi connectivity index (χ4n) is 3.08. The summed E-state index contributed by atoms with van der Waals surface area (Å²) in [6.07, 6.45) is 8.74. The van der Waals surface area contributed by atoms with Crippen LogP contribution in [0.5, 0.6) is 0 Å². The number of nitrogens with zero attached hydrogens (tertiary/aromatic N) is 3. The molecule has 1 fully saturated rings. The van der Waals surface area contributed by atoms with Gasteiger partial charge in [0, 0.05) is 35.0 Å². The number of hydrogen-bond acceptors (Lipinski definition) is 8. The molecule has 2 aromatic carbocycles. The standard InChI is InChI=1S/C23H18N6O3.CH4O3S/c1-2-15-3-5-16(6-4-15)27-21(30)19-20(26-12-11-25-19)22(31)28-17-7-9-18(10-8-17)29-13-14-32-23(29)24;1-5(2,3)4/h1,3-12,24H,13-14H2,(H,27,30)(H,28,31);1H3,(H,2,3,4). The Kier molecular flexibility index (Phi) is 8.51. The molecule has 12 nitrogen and oxygen atoms in total. The number of ether oxygens (including phenoxy) is 1. The minimum absolute atomic E-state index is 0.0888. The lowest BCUT2D eigenvalue weighted by Gasteiger charge is -2.15. The number of hydrogen-bond donors (Lipinski definition) is 4. The molecule has 1 aliphatic rings. The van der Waals surface area contributed by atoms with Crippen LogP contribution in [-0.2, 0) is 14.9 Å². The van der Waals surface area contributed by atoms with Crippen LogP contribution in [0.1, 0.15) is 26.5 Å². The number of benzene rings is 2. The van der Waals surface area contributed by atoms with Gasteiger partial charge in [-0.05, 0) is 48.5 Å². The van der Waals surface area contributed by atoms with Crippen LogP contribution in [0.25, 0.3) is 0 Å². The van der Waals surface area contributed by atoms with Crippen molar-refractivity contribution in [1.82, 2.24) is 9.97 Å². The largest absolute Gasteiger partial charge is 0.463 e. The van der Waals surface area contributed by atoms with Gasteiger partial charge in [0.05, 0.1) is 12.8 Å². The van der Waals surface area contributed by atoms with Crippen molar-refractivity contribution in [2.45, 2.75) is 0 Å². The molecule has 0 saturated carbocycles. The third-order valence-electron chi connectivity index (χ3n) is 4.67. The molecule has 1 aliphatic heterocycles. The van der Waals surface area contributed by atoms with E-state index in [2.05, 4.69) is 26.5 Å². The van der Waals surface area contributed by atoms with Gasteiger partial charge in [0.15, 0.2) is 11.4 Å². The molecule has 0 atom stereocenters. The Morgan fingerprint density at radius 2 is 1.46 bits per heavy atom. The summed E-state index contributed by atoms with van der Waals surface area (Å²) in [5, 5.41) is 13.2. The molecule has 37 heavy (non-hydrogen) atoms. The third kappa shape index (κ3) is 7.85. The number of amides is 2. The summed E-state index contributed by atoms with van der Waals surface area (Å²) in [7, 11) is -3.67. The molecule has 2 amide bonds. The van der Waals surface area contributed by atoms with Crippen LogP contribution < -0.4 is 15.5 Å². The van der Waals surface area contributed by atoms with Crippen molar-refractivity contribution in [2.75, 3.05) is 34.9 Å². The van der Waals surface area contributed by atoms with E-state index in [-0.39, 0.29) is 17.4 Å². The predicted molar refractivity (Wildman–Crippen MR) is 137 cm³/mol. The van der Waals surface area contributed by atoms with Crippen LogP contribution in [0.15, 0.2) is 60.9 Å². The van der Waals surface area contributed by atoms with Crippen molar-refractivity contribution in [2.24, 2.45) is 0 Å². The quantitative estimate of drug-likeness (QED) is 0.289. The fourth-order valence-corrected chi connectivity index (χ4v) is 3.08. The summed E-state index contributed by atoms with van der Waals surface area (Å²) < 4.78 is 31.0. The fraction of sp³-hybridized carbons (Fsp3) is 0.125. The van der Waals surface area contributed by atoms with E-state index < -0.39 is 21.9 Å². The molecule has 0 spiro atoms. The second-order valence-electron chi connectivity index (χ2n) is 7.47. The number of terminal acetylenes is 1. The molecule has 3 aromatic rings. The van der Waals surface area contributed by atoms with E-state index >= 15 is 0 Å². The summed E-state index contributed by atoms with van der Waals surface area (Å²) in [6, 6.07) is 13.7. The Morgan fingerprint density at radius 1 is 1.00 bits per heavy atom. The molecule has 13 heteroatoms. The smallest absolute Gasteiger partial charge is 0.289 e. The van der Waals surface area contributed by atoms with E-state index in [0.717, 1.165) is 5.69 Å². The van der Waals surface area contributed by atoms with E-state index in [1.165, 1.54) is 12.4 Å². The zero-order valence-electron chi connectivity index (χ0n) is 19.5. The topological polar surface area (TPSA) is 175 Å². The third-order valence-corrected chi connectivity index (χ3v) is 4.67.